The topological polar surface area (TPSA) is 85.3 Å². The first kappa shape index (κ1) is 14.3. The summed E-state index contributed by atoms with van der Waals surface area (Å²) in [5.74, 6) is 0. The van der Waals surface area contributed by atoms with E-state index in [1.807, 2.05) is 0 Å². The molecule has 2 N–H and O–H groups in total. The second-order valence-corrected chi connectivity index (χ2v) is 6.69. The van der Waals surface area contributed by atoms with Gasteiger partial charge in [-0.25, -0.2) is 4.98 Å². The van der Waals surface area contributed by atoms with Crippen LogP contribution in [0.2, 0.25) is 5.02 Å². The van der Waals surface area contributed by atoms with Crippen LogP contribution in [-0.2, 0) is 0 Å². The summed E-state index contributed by atoms with van der Waals surface area (Å²) in [6, 6.07) is 1.64. The highest BCUT2D eigenvalue weighted by Gasteiger charge is 2.30. The Hall–Kier alpha value is -1.60. The number of piperidine rings is 1. The summed E-state index contributed by atoms with van der Waals surface area (Å²) in [7, 11) is 0. The standard InChI is InChI=1S/C13H15ClN4O2S/c1-7-4-2-3-5-17(7)11-9(18(19)20)6-8(14)10-12(11)21-13(15)16-10/h6-7H,2-5H2,1H3,(H2,15,16)/t7-/m1/s1. The van der Waals surface area contributed by atoms with E-state index in [0.717, 1.165) is 25.8 Å². The number of nitro groups is 1. The maximum absolute atomic E-state index is 11.4. The lowest BCUT2D eigenvalue weighted by molar-refractivity contribution is -0.384. The lowest BCUT2D eigenvalue weighted by atomic mass is 10.0. The van der Waals surface area contributed by atoms with Crippen molar-refractivity contribution >= 4 is 49.7 Å². The van der Waals surface area contributed by atoms with Crippen molar-refractivity contribution in [2.24, 2.45) is 0 Å². The van der Waals surface area contributed by atoms with Crippen LogP contribution in [0.15, 0.2) is 6.07 Å². The van der Waals surface area contributed by atoms with Gasteiger partial charge in [0.05, 0.1) is 14.6 Å². The summed E-state index contributed by atoms with van der Waals surface area (Å²) in [6.45, 7) is 2.89. The van der Waals surface area contributed by atoms with E-state index in [4.69, 9.17) is 17.3 Å². The van der Waals surface area contributed by atoms with E-state index in [2.05, 4.69) is 16.8 Å². The van der Waals surface area contributed by atoms with Gasteiger partial charge >= 0.3 is 0 Å². The minimum Gasteiger partial charge on any atom is -0.375 e. The Morgan fingerprint density at radius 3 is 3.00 bits per heavy atom. The Balaban J connectivity index is 2.29. The second kappa shape index (κ2) is 5.31. The number of nitrogens with zero attached hydrogens (tertiary/aromatic N) is 3. The van der Waals surface area contributed by atoms with Crippen LogP contribution in [0, 0.1) is 10.1 Å². The van der Waals surface area contributed by atoms with Gasteiger partial charge in [-0.05, 0) is 26.2 Å². The molecule has 1 fully saturated rings. The third kappa shape index (κ3) is 2.40. The monoisotopic (exact) mass is 326 g/mol. The summed E-state index contributed by atoms with van der Waals surface area (Å²) in [6.07, 6.45) is 3.20. The first-order chi connectivity index (χ1) is 9.99. The summed E-state index contributed by atoms with van der Waals surface area (Å²) in [5.41, 5.74) is 6.98. The van der Waals surface area contributed by atoms with E-state index in [1.165, 1.54) is 17.4 Å². The number of halogens is 1. The van der Waals surface area contributed by atoms with Gasteiger partial charge in [0.15, 0.2) is 5.13 Å². The number of benzene rings is 1. The summed E-state index contributed by atoms with van der Waals surface area (Å²) >= 11 is 7.39. The summed E-state index contributed by atoms with van der Waals surface area (Å²) in [4.78, 5) is 17.4. The molecule has 6 nitrogen and oxygen atoms in total. The fourth-order valence-electron chi connectivity index (χ4n) is 2.88. The molecule has 0 saturated carbocycles. The number of aromatic nitrogens is 1. The van der Waals surface area contributed by atoms with Crippen LogP contribution in [0.1, 0.15) is 26.2 Å². The summed E-state index contributed by atoms with van der Waals surface area (Å²) < 4.78 is 0.709. The van der Waals surface area contributed by atoms with Crippen LogP contribution < -0.4 is 10.6 Å². The average molecular weight is 327 g/mol. The predicted molar refractivity (Wildman–Crippen MR) is 86.4 cm³/mol. The van der Waals surface area contributed by atoms with Crippen molar-refractivity contribution in [3.63, 3.8) is 0 Å². The van der Waals surface area contributed by atoms with Crippen molar-refractivity contribution < 1.29 is 4.92 Å². The first-order valence-electron chi connectivity index (χ1n) is 6.78. The van der Waals surface area contributed by atoms with Gasteiger partial charge in [0.25, 0.3) is 5.69 Å². The van der Waals surface area contributed by atoms with Gasteiger partial charge in [-0.15, -0.1) is 0 Å². The molecule has 0 spiro atoms. The number of anilines is 2. The fourth-order valence-corrected chi connectivity index (χ4v) is 4.09. The van der Waals surface area contributed by atoms with Crippen molar-refractivity contribution in [2.75, 3.05) is 17.2 Å². The van der Waals surface area contributed by atoms with Gasteiger partial charge in [-0.2, -0.15) is 0 Å². The van der Waals surface area contributed by atoms with Crippen LogP contribution in [-0.4, -0.2) is 22.5 Å². The van der Waals surface area contributed by atoms with Gasteiger partial charge in [0.1, 0.15) is 11.2 Å². The quantitative estimate of drug-likeness (QED) is 0.669. The minimum absolute atomic E-state index is 0.0323. The molecular formula is C13H15ClN4O2S. The highest BCUT2D eigenvalue weighted by molar-refractivity contribution is 7.22. The zero-order chi connectivity index (χ0) is 15.1. The number of hydrogen-bond acceptors (Lipinski definition) is 6. The Morgan fingerprint density at radius 1 is 1.57 bits per heavy atom. The smallest absolute Gasteiger partial charge is 0.295 e. The van der Waals surface area contributed by atoms with Crippen LogP contribution in [0.5, 0.6) is 0 Å². The molecule has 1 aliphatic heterocycles. The summed E-state index contributed by atoms with van der Waals surface area (Å²) in [5, 5.41) is 12.1. The Morgan fingerprint density at radius 2 is 2.33 bits per heavy atom. The van der Waals surface area contributed by atoms with Gasteiger partial charge in [-0.3, -0.25) is 10.1 Å². The molecule has 1 atom stereocenters. The fraction of sp³-hybridized carbons (Fsp3) is 0.462. The van der Waals surface area contributed by atoms with Gasteiger partial charge in [-0.1, -0.05) is 22.9 Å². The lowest BCUT2D eigenvalue weighted by Crippen LogP contribution is -2.37. The maximum Gasteiger partial charge on any atom is 0.295 e. The van der Waals surface area contributed by atoms with E-state index in [1.54, 1.807) is 0 Å². The molecule has 0 radical (unpaired) electrons. The highest BCUT2D eigenvalue weighted by atomic mass is 35.5. The molecule has 1 aromatic carbocycles. The van der Waals surface area contributed by atoms with Crippen LogP contribution in [0.3, 0.4) is 0 Å². The van der Waals surface area contributed by atoms with Crippen molar-refractivity contribution in [1.82, 2.24) is 4.98 Å². The first-order valence-corrected chi connectivity index (χ1v) is 7.98. The largest absolute Gasteiger partial charge is 0.375 e. The van der Waals surface area contributed by atoms with Crippen molar-refractivity contribution in [3.8, 4) is 0 Å². The molecule has 1 aliphatic rings. The number of hydrogen-bond donors (Lipinski definition) is 1. The molecule has 21 heavy (non-hydrogen) atoms. The van der Waals surface area contributed by atoms with Crippen LogP contribution in [0.4, 0.5) is 16.5 Å². The molecule has 1 aromatic heterocycles. The number of thiazole rings is 1. The van der Waals surface area contributed by atoms with Gasteiger partial charge < -0.3 is 10.6 Å². The van der Waals surface area contributed by atoms with Crippen molar-refractivity contribution in [1.29, 1.82) is 0 Å². The van der Waals surface area contributed by atoms with Crippen molar-refractivity contribution in [3.05, 3.63) is 21.2 Å². The van der Waals surface area contributed by atoms with E-state index >= 15 is 0 Å². The molecule has 0 bridgehead atoms. The lowest BCUT2D eigenvalue weighted by Gasteiger charge is -2.35. The Kier molecular flexibility index (Phi) is 3.62. The third-order valence-electron chi connectivity index (χ3n) is 3.88. The molecule has 112 valence electrons. The average Bonchev–Trinajstić information content (AvgIpc) is 2.82. The van der Waals surface area contributed by atoms with Crippen LogP contribution in [0.25, 0.3) is 10.2 Å². The SMILES string of the molecule is C[C@@H]1CCCCN1c1c([N+](=O)[O-])cc(Cl)c2nc(N)sc12. The highest BCUT2D eigenvalue weighted by Crippen LogP contribution is 2.45. The van der Waals surface area contributed by atoms with Gasteiger partial charge in [0, 0.05) is 18.7 Å². The molecule has 3 rings (SSSR count). The Labute approximate surface area is 130 Å². The zero-order valence-electron chi connectivity index (χ0n) is 11.5. The van der Waals surface area contributed by atoms with E-state index < -0.39 is 0 Å². The van der Waals surface area contributed by atoms with Crippen LogP contribution >= 0.6 is 22.9 Å². The number of fused-ring (bicyclic) bond motifs is 1. The maximum atomic E-state index is 11.4. The molecule has 0 aliphatic carbocycles. The molecule has 2 aromatic rings. The van der Waals surface area contributed by atoms with E-state index in [0.29, 0.717) is 21.0 Å². The van der Waals surface area contributed by atoms with Gasteiger partial charge in [0.2, 0.25) is 0 Å². The zero-order valence-corrected chi connectivity index (χ0v) is 13.1. The molecule has 0 unspecified atom stereocenters. The minimum atomic E-state index is -0.377. The van der Waals surface area contributed by atoms with Crippen molar-refractivity contribution in [2.45, 2.75) is 32.2 Å². The molecule has 1 saturated heterocycles. The molecule has 2 heterocycles. The molecule has 0 amide bonds. The number of rotatable bonds is 2. The normalized spacial score (nSPS) is 19.1. The number of nitrogens with two attached hydrogens (primary N) is 1. The second-order valence-electron chi connectivity index (χ2n) is 5.25. The number of nitrogen functional groups attached to an aromatic ring is 1. The molecular weight excluding hydrogens is 312 g/mol. The van der Waals surface area contributed by atoms with E-state index in [-0.39, 0.29) is 21.7 Å². The molecule has 8 heteroatoms. The Bertz CT molecular complexity index is 718. The number of nitro benzene ring substituents is 1. The van der Waals surface area contributed by atoms with E-state index in [9.17, 15) is 10.1 Å². The third-order valence-corrected chi connectivity index (χ3v) is 5.06. The predicted octanol–water partition coefficient (Wildman–Crippen LogP) is 3.82.